The molecule has 1 aliphatic rings. The predicted molar refractivity (Wildman–Crippen MR) is 140 cm³/mol. The quantitative estimate of drug-likeness (QED) is 0.371. The van der Waals surface area contributed by atoms with Crippen molar-refractivity contribution in [1.82, 2.24) is 9.88 Å². The molecule has 1 heterocycles. The van der Waals surface area contributed by atoms with Crippen molar-refractivity contribution in [3.05, 3.63) is 95.7 Å². The van der Waals surface area contributed by atoms with Crippen LogP contribution in [0.1, 0.15) is 29.7 Å². The minimum absolute atomic E-state index is 0.0889. The molecule has 4 aromatic rings. The molecule has 0 bridgehead atoms. The van der Waals surface area contributed by atoms with Crippen LogP contribution in [-0.2, 0) is 29.1 Å². The molecule has 0 atom stereocenters. The smallest absolute Gasteiger partial charge is 0.226 e. The zero-order valence-corrected chi connectivity index (χ0v) is 20.3. The summed E-state index contributed by atoms with van der Waals surface area (Å²) >= 11 is 0. The molecule has 182 valence electrons. The Morgan fingerprint density at radius 2 is 1.67 bits per heavy atom. The molecular weight excluding hydrogens is 450 g/mol. The third-order valence-corrected chi connectivity index (χ3v) is 6.53. The molecule has 36 heavy (non-hydrogen) atoms. The third kappa shape index (κ3) is 5.23. The number of para-hydroxylation sites is 1. The highest BCUT2D eigenvalue weighted by Crippen LogP contribution is 2.37. The zero-order valence-electron chi connectivity index (χ0n) is 20.3. The van der Waals surface area contributed by atoms with E-state index in [2.05, 4.69) is 6.07 Å². The summed E-state index contributed by atoms with van der Waals surface area (Å²) in [6.45, 7) is 0.885. The standard InChI is InChI=1S/C30H29N3O3/c1-36-28-14-11-21(16-29(31)34)15-25(28)24-17-23-9-5-6-10-26(23)32-27(24)19-33(30(35)22-12-13-22)18-20-7-3-2-4-8-20/h2-11,14-15,17,22H,12-13,16,18-19H2,1H3,(H2,31,34). The average Bonchev–Trinajstić information content (AvgIpc) is 3.73. The Bertz CT molecular complexity index is 1410. The van der Waals surface area contributed by atoms with Crippen molar-refractivity contribution in [3.8, 4) is 16.9 Å². The summed E-state index contributed by atoms with van der Waals surface area (Å²) < 4.78 is 5.70. The molecule has 0 aliphatic heterocycles. The average molecular weight is 480 g/mol. The van der Waals surface area contributed by atoms with E-state index < -0.39 is 5.91 Å². The van der Waals surface area contributed by atoms with Crippen molar-refractivity contribution in [2.75, 3.05) is 7.11 Å². The number of primary amides is 1. The lowest BCUT2D eigenvalue weighted by Crippen LogP contribution is -2.32. The highest BCUT2D eigenvalue weighted by Gasteiger charge is 2.34. The van der Waals surface area contributed by atoms with Crippen molar-refractivity contribution in [2.24, 2.45) is 11.7 Å². The van der Waals surface area contributed by atoms with Gasteiger partial charge in [-0.05, 0) is 48.2 Å². The van der Waals surface area contributed by atoms with Crippen LogP contribution in [-0.4, -0.2) is 28.8 Å². The predicted octanol–water partition coefficient (Wildman–Crippen LogP) is 4.88. The van der Waals surface area contributed by atoms with E-state index in [0.717, 1.165) is 51.7 Å². The second kappa shape index (κ2) is 10.2. The number of pyridine rings is 1. The number of hydrogen-bond acceptors (Lipinski definition) is 4. The summed E-state index contributed by atoms with van der Waals surface area (Å²) in [5, 5.41) is 0.988. The third-order valence-electron chi connectivity index (χ3n) is 6.53. The van der Waals surface area contributed by atoms with Gasteiger partial charge in [-0.15, -0.1) is 0 Å². The lowest BCUT2D eigenvalue weighted by atomic mass is 9.97. The zero-order chi connectivity index (χ0) is 25.1. The molecule has 0 spiro atoms. The van der Waals surface area contributed by atoms with Gasteiger partial charge in [0.15, 0.2) is 0 Å². The van der Waals surface area contributed by atoms with Gasteiger partial charge in [-0.3, -0.25) is 14.6 Å². The maximum Gasteiger partial charge on any atom is 0.226 e. The van der Waals surface area contributed by atoms with Crippen LogP contribution in [0, 0.1) is 5.92 Å². The maximum atomic E-state index is 13.3. The van der Waals surface area contributed by atoms with Crippen LogP contribution in [0.2, 0.25) is 0 Å². The lowest BCUT2D eigenvalue weighted by molar-refractivity contribution is -0.133. The maximum absolute atomic E-state index is 13.3. The van der Waals surface area contributed by atoms with Crippen LogP contribution in [0.15, 0.2) is 78.9 Å². The summed E-state index contributed by atoms with van der Waals surface area (Å²) in [6.07, 6.45) is 2.00. The second-order valence-corrected chi connectivity index (χ2v) is 9.31. The number of fused-ring (bicyclic) bond motifs is 1. The molecule has 3 aromatic carbocycles. The molecule has 0 saturated heterocycles. The molecule has 1 aliphatic carbocycles. The topological polar surface area (TPSA) is 85.5 Å². The fraction of sp³-hybridized carbons (Fsp3) is 0.233. The van der Waals surface area contributed by atoms with Gasteiger partial charge in [-0.25, -0.2) is 0 Å². The van der Waals surface area contributed by atoms with Crippen LogP contribution < -0.4 is 10.5 Å². The fourth-order valence-corrected chi connectivity index (χ4v) is 4.57. The Morgan fingerprint density at radius 1 is 0.917 bits per heavy atom. The number of hydrogen-bond donors (Lipinski definition) is 1. The van der Waals surface area contributed by atoms with Gasteiger partial charge in [-0.1, -0.05) is 54.6 Å². The minimum Gasteiger partial charge on any atom is -0.496 e. The van der Waals surface area contributed by atoms with Crippen molar-refractivity contribution in [3.63, 3.8) is 0 Å². The van der Waals surface area contributed by atoms with E-state index in [-0.39, 0.29) is 18.2 Å². The first-order valence-electron chi connectivity index (χ1n) is 12.2. The fourth-order valence-electron chi connectivity index (χ4n) is 4.57. The number of carbonyl (C=O) groups is 2. The molecular formula is C30H29N3O3. The van der Waals surface area contributed by atoms with Gasteiger partial charge in [-0.2, -0.15) is 0 Å². The van der Waals surface area contributed by atoms with Gasteiger partial charge >= 0.3 is 0 Å². The number of rotatable bonds is 9. The number of amides is 2. The van der Waals surface area contributed by atoms with E-state index in [1.54, 1.807) is 7.11 Å². The highest BCUT2D eigenvalue weighted by atomic mass is 16.5. The minimum atomic E-state index is -0.396. The molecule has 0 radical (unpaired) electrons. The van der Waals surface area contributed by atoms with E-state index in [1.807, 2.05) is 77.7 Å². The number of methoxy groups -OCH3 is 1. The van der Waals surface area contributed by atoms with Crippen LogP contribution in [0.3, 0.4) is 0 Å². The van der Waals surface area contributed by atoms with Crippen molar-refractivity contribution >= 4 is 22.7 Å². The molecule has 2 amide bonds. The van der Waals surface area contributed by atoms with Crippen LogP contribution in [0.25, 0.3) is 22.0 Å². The van der Waals surface area contributed by atoms with E-state index in [9.17, 15) is 9.59 Å². The number of carbonyl (C=O) groups excluding carboxylic acids is 2. The van der Waals surface area contributed by atoms with Gasteiger partial charge in [0, 0.05) is 29.0 Å². The van der Waals surface area contributed by atoms with E-state index in [1.165, 1.54) is 0 Å². The van der Waals surface area contributed by atoms with Crippen LogP contribution >= 0.6 is 0 Å². The van der Waals surface area contributed by atoms with Gasteiger partial charge in [0.25, 0.3) is 0 Å². The highest BCUT2D eigenvalue weighted by molar-refractivity contribution is 5.87. The summed E-state index contributed by atoms with van der Waals surface area (Å²) in [6, 6.07) is 25.7. The number of ether oxygens (including phenoxy) is 1. The molecule has 1 saturated carbocycles. The summed E-state index contributed by atoms with van der Waals surface area (Å²) in [4.78, 5) is 31.9. The Kier molecular flexibility index (Phi) is 6.67. The largest absolute Gasteiger partial charge is 0.496 e. The lowest BCUT2D eigenvalue weighted by Gasteiger charge is -2.25. The first kappa shape index (κ1) is 23.5. The van der Waals surface area contributed by atoms with Crippen molar-refractivity contribution in [2.45, 2.75) is 32.4 Å². The Morgan fingerprint density at radius 3 is 2.39 bits per heavy atom. The summed E-state index contributed by atoms with van der Waals surface area (Å²) in [5.41, 5.74) is 10.7. The van der Waals surface area contributed by atoms with Gasteiger partial charge in [0.05, 0.1) is 31.3 Å². The molecule has 6 nitrogen and oxygen atoms in total. The number of aromatic nitrogens is 1. The Balaban J connectivity index is 1.62. The molecule has 0 unspecified atom stereocenters. The SMILES string of the molecule is COc1ccc(CC(N)=O)cc1-c1cc2ccccc2nc1CN(Cc1ccccc1)C(=O)C1CC1. The molecule has 1 aromatic heterocycles. The molecule has 2 N–H and O–H groups in total. The second-order valence-electron chi connectivity index (χ2n) is 9.31. The Hall–Kier alpha value is -4.19. The van der Waals surface area contributed by atoms with Crippen molar-refractivity contribution < 1.29 is 14.3 Å². The Labute approximate surface area is 210 Å². The van der Waals surface area contributed by atoms with E-state index >= 15 is 0 Å². The summed E-state index contributed by atoms with van der Waals surface area (Å²) in [7, 11) is 1.62. The number of nitrogens with zero attached hydrogens (tertiary/aromatic N) is 2. The van der Waals surface area contributed by atoms with E-state index in [0.29, 0.717) is 18.8 Å². The van der Waals surface area contributed by atoms with Crippen LogP contribution in [0.5, 0.6) is 5.75 Å². The van der Waals surface area contributed by atoms with Gasteiger partial charge in [0.2, 0.25) is 11.8 Å². The number of benzene rings is 3. The normalized spacial score (nSPS) is 12.9. The summed E-state index contributed by atoms with van der Waals surface area (Å²) in [5.74, 6) is 0.525. The van der Waals surface area contributed by atoms with Gasteiger partial charge < -0.3 is 15.4 Å². The molecule has 1 fully saturated rings. The first-order chi connectivity index (χ1) is 17.5. The molecule has 6 heteroatoms. The monoisotopic (exact) mass is 479 g/mol. The van der Waals surface area contributed by atoms with Crippen molar-refractivity contribution in [1.29, 1.82) is 0 Å². The van der Waals surface area contributed by atoms with E-state index in [4.69, 9.17) is 15.5 Å². The van der Waals surface area contributed by atoms with Crippen LogP contribution in [0.4, 0.5) is 0 Å². The molecule has 5 rings (SSSR count). The first-order valence-corrected chi connectivity index (χ1v) is 12.2. The van der Waals surface area contributed by atoms with Gasteiger partial charge in [0.1, 0.15) is 5.75 Å². The number of nitrogens with two attached hydrogens (primary N) is 1.